The molecule has 0 aliphatic carbocycles. The minimum atomic E-state index is -0.0666. The molecule has 5 heteroatoms. The predicted molar refractivity (Wildman–Crippen MR) is 52.4 cm³/mol. The molecule has 70 valence electrons. The van der Waals surface area contributed by atoms with E-state index in [0.29, 0.717) is 16.6 Å². The van der Waals surface area contributed by atoms with E-state index in [1.807, 2.05) is 6.92 Å². The molecule has 2 N–H and O–H groups in total. The Hall–Kier alpha value is -1.12. The molecule has 0 radical (unpaired) electrons. The van der Waals surface area contributed by atoms with Crippen LogP contribution in [0, 0.1) is 12.3 Å². The number of rotatable bonds is 4. The van der Waals surface area contributed by atoms with Gasteiger partial charge in [-0.15, -0.1) is 22.5 Å². The van der Waals surface area contributed by atoms with Crippen LogP contribution in [0.4, 0.5) is 5.13 Å². The lowest BCUT2D eigenvalue weighted by atomic mass is 10.2. The normalized spacial score (nSPS) is 12.1. The van der Waals surface area contributed by atoms with Crippen LogP contribution in [0.25, 0.3) is 0 Å². The third-order valence-electron chi connectivity index (χ3n) is 1.40. The van der Waals surface area contributed by atoms with Crippen molar-refractivity contribution in [1.29, 1.82) is 0 Å². The Labute approximate surface area is 81.0 Å². The Balaban J connectivity index is 2.49. The Morgan fingerprint density at radius 1 is 1.69 bits per heavy atom. The highest BCUT2D eigenvalue weighted by molar-refractivity contribution is 7.15. The number of anilines is 1. The van der Waals surface area contributed by atoms with Gasteiger partial charge in [0.25, 0.3) is 0 Å². The molecule has 1 aromatic rings. The standard InChI is InChI=1S/C8H11N3OS/c1-3-4-6(2)9-8-11-10-7(5-12)13-8/h1,6,12H,4-5H2,2H3,(H,9,11). The number of terminal acetylenes is 1. The van der Waals surface area contributed by atoms with Crippen molar-refractivity contribution in [3.63, 3.8) is 0 Å². The van der Waals surface area contributed by atoms with E-state index >= 15 is 0 Å². The van der Waals surface area contributed by atoms with E-state index < -0.39 is 0 Å². The SMILES string of the molecule is C#CCC(C)Nc1nnc(CO)s1. The van der Waals surface area contributed by atoms with E-state index in [1.54, 1.807) is 0 Å². The van der Waals surface area contributed by atoms with Gasteiger partial charge in [-0.05, 0) is 6.92 Å². The molecule has 0 amide bonds. The highest BCUT2D eigenvalue weighted by Crippen LogP contribution is 2.16. The minimum absolute atomic E-state index is 0.0666. The van der Waals surface area contributed by atoms with Crippen LogP contribution in [0.15, 0.2) is 0 Å². The van der Waals surface area contributed by atoms with Crippen LogP contribution in [0.2, 0.25) is 0 Å². The van der Waals surface area contributed by atoms with E-state index in [-0.39, 0.29) is 12.6 Å². The predicted octanol–water partition coefficient (Wildman–Crippen LogP) is 0.854. The van der Waals surface area contributed by atoms with Gasteiger partial charge in [0.05, 0.1) is 6.61 Å². The zero-order valence-electron chi connectivity index (χ0n) is 7.32. The summed E-state index contributed by atoms with van der Waals surface area (Å²) >= 11 is 1.34. The summed E-state index contributed by atoms with van der Waals surface area (Å²) in [7, 11) is 0. The molecule has 0 fully saturated rings. The summed E-state index contributed by atoms with van der Waals surface area (Å²) in [5, 5.41) is 20.7. The fourth-order valence-corrected chi connectivity index (χ4v) is 1.53. The van der Waals surface area contributed by atoms with Crippen molar-refractivity contribution in [2.45, 2.75) is 26.0 Å². The molecule has 0 aromatic carbocycles. The van der Waals surface area contributed by atoms with Gasteiger partial charge in [0.15, 0.2) is 0 Å². The number of hydrogen-bond donors (Lipinski definition) is 2. The summed E-state index contributed by atoms with van der Waals surface area (Å²) in [6.07, 6.45) is 5.80. The second-order valence-electron chi connectivity index (χ2n) is 2.61. The summed E-state index contributed by atoms with van der Waals surface area (Å²) in [4.78, 5) is 0. The molecule has 4 nitrogen and oxygen atoms in total. The molecule has 0 aliphatic heterocycles. The molecule has 0 bridgehead atoms. The maximum absolute atomic E-state index is 8.74. The van der Waals surface area contributed by atoms with Crippen LogP contribution in [-0.4, -0.2) is 21.3 Å². The van der Waals surface area contributed by atoms with E-state index in [9.17, 15) is 0 Å². The molecule has 1 rings (SSSR count). The van der Waals surface area contributed by atoms with Crippen LogP contribution in [0.3, 0.4) is 0 Å². The van der Waals surface area contributed by atoms with E-state index in [1.165, 1.54) is 11.3 Å². The van der Waals surface area contributed by atoms with Crippen molar-refractivity contribution < 1.29 is 5.11 Å². The average Bonchev–Trinajstić information content (AvgIpc) is 2.52. The Bertz CT molecular complexity index is 305. The molecule has 0 aliphatic rings. The first-order valence-corrected chi connectivity index (χ1v) is 4.71. The smallest absolute Gasteiger partial charge is 0.205 e. The number of nitrogens with zero attached hydrogens (tertiary/aromatic N) is 2. The highest BCUT2D eigenvalue weighted by Gasteiger charge is 2.05. The number of aliphatic hydroxyl groups is 1. The highest BCUT2D eigenvalue weighted by atomic mass is 32.1. The zero-order chi connectivity index (χ0) is 9.68. The fourth-order valence-electron chi connectivity index (χ4n) is 0.814. The van der Waals surface area contributed by atoms with Crippen molar-refractivity contribution in [1.82, 2.24) is 10.2 Å². The van der Waals surface area contributed by atoms with Crippen LogP contribution in [0.5, 0.6) is 0 Å². The maximum atomic E-state index is 8.74. The number of aliphatic hydroxyl groups excluding tert-OH is 1. The first-order chi connectivity index (χ1) is 6.26. The number of nitrogens with one attached hydrogen (secondary N) is 1. The molecular formula is C8H11N3OS. The van der Waals surface area contributed by atoms with Gasteiger partial charge in [-0.1, -0.05) is 11.3 Å². The van der Waals surface area contributed by atoms with Gasteiger partial charge in [0, 0.05) is 12.5 Å². The lowest BCUT2D eigenvalue weighted by Gasteiger charge is -2.07. The van der Waals surface area contributed by atoms with Gasteiger partial charge < -0.3 is 10.4 Å². The summed E-state index contributed by atoms with van der Waals surface area (Å²) in [6, 6.07) is 0.185. The largest absolute Gasteiger partial charge is 0.389 e. The minimum Gasteiger partial charge on any atom is -0.389 e. The first-order valence-electron chi connectivity index (χ1n) is 3.89. The van der Waals surface area contributed by atoms with Gasteiger partial charge in [-0.3, -0.25) is 0 Å². The van der Waals surface area contributed by atoms with Crippen LogP contribution in [-0.2, 0) is 6.61 Å². The quantitative estimate of drug-likeness (QED) is 0.703. The second-order valence-corrected chi connectivity index (χ2v) is 3.67. The third-order valence-corrected chi connectivity index (χ3v) is 2.24. The summed E-state index contributed by atoms with van der Waals surface area (Å²) in [5.74, 6) is 2.55. The molecule has 1 atom stereocenters. The van der Waals surface area contributed by atoms with Gasteiger partial charge in [-0.25, -0.2) is 0 Å². The Morgan fingerprint density at radius 3 is 3.00 bits per heavy atom. The maximum Gasteiger partial charge on any atom is 0.205 e. The lowest BCUT2D eigenvalue weighted by molar-refractivity contribution is 0.280. The van der Waals surface area contributed by atoms with Crippen molar-refractivity contribution >= 4 is 16.5 Å². The molecular weight excluding hydrogens is 186 g/mol. The van der Waals surface area contributed by atoms with Crippen LogP contribution >= 0.6 is 11.3 Å². The monoisotopic (exact) mass is 197 g/mol. The fraction of sp³-hybridized carbons (Fsp3) is 0.500. The van der Waals surface area contributed by atoms with E-state index in [2.05, 4.69) is 21.4 Å². The van der Waals surface area contributed by atoms with Crippen LogP contribution < -0.4 is 5.32 Å². The third kappa shape index (κ3) is 3.01. The Morgan fingerprint density at radius 2 is 2.46 bits per heavy atom. The number of aromatic nitrogens is 2. The van der Waals surface area contributed by atoms with Crippen LogP contribution in [0.1, 0.15) is 18.4 Å². The summed E-state index contributed by atoms with van der Waals surface area (Å²) < 4.78 is 0. The molecule has 1 aromatic heterocycles. The molecule has 13 heavy (non-hydrogen) atoms. The molecule has 0 saturated carbocycles. The lowest BCUT2D eigenvalue weighted by Crippen LogP contribution is -2.13. The van der Waals surface area contributed by atoms with Crippen molar-refractivity contribution in [3.8, 4) is 12.3 Å². The van der Waals surface area contributed by atoms with Crippen molar-refractivity contribution in [2.24, 2.45) is 0 Å². The second kappa shape index (κ2) is 4.80. The van der Waals surface area contributed by atoms with Gasteiger partial charge in [-0.2, -0.15) is 0 Å². The topological polar surface area (TPSA) is 58.0 Å². The summed E-state index contributed by atoms with van der Waals surface area (Å²) in [5.41, 5.74) is 0. The van der Waals surface area contributed by atoms with E-state index in [0.717, 1.165) is 0 Å². The van der Waals surface area contributed by atoms with E-state index in [4.69, 9.17) is 11.5 Å². The Kier molecular flexibility index (Phi) is 3.68. The first kappa shape index (κ1) is 9.96. The molecule has 1 heterocycles. The van der Waals surface area contributed by atoms with Gasteiger partial charge >= 0.3 is 0 Å². The number of hydrogen-bond acceptors (Lipinski definition) is 5. The zero-order valence-corrected chi connectivity index (χ0v) is 8.14. The van der Waals surface area contributed by atoms with Gasteiger partial charge in [0.1, 0.15) is 5.01 Å². The molecule has 0 spiro atoms. The van der Waals surface area contributed by atoms with Crippen molar-refractivity contribution in [3.05, 3.63) is 5.01 Å². The van der Waals surface area contributed by atoms with Gasteiger partial charge in [0.2, 0.25) is 5.13 Å². The van der Waals surface area contributed by atoms with Crippen molar-refractivity contribution in [2.75, 3.05) is 5.32 Å². The molecule has 1 unspecified atom stereocenters. The molecule has 0 saturated heterocycles. The summed E-state index contributed by atoms with van der Waals surface area (Å²) in [6.45, 7) is 1.91. The average molecular weight is 197 g/mol.